The lowest BCUT2D eigenvalue weighted by atomic mass is 10.1. The number of anilines is 1. The van der Waals surface area contributed by atoms with Gasteiger partial charge >= 0.3 is 17.6 Å². The molecule has 13 heteroatoms. The van der Waals surface area contributed by atoms with Crippen LogP contribution in [0.2, 0.25) is 0 Å². The summed E-state index contributed by atoms with van der Waals surface area (Å²) in [5.41, 5.74) is -2.61. The number of hydrogen-bond acceptors (Lipinski definition) is 7. The smallest absolute Gasteiger partial charge is 0.264 e. The molecule has 2 aromatic rings. The first-order chi connectivity index (χ1) is 11.6. The van der Waals surface area contributed by atoms with Crippen molar-refractivity contribution in [2.24, 2.45) is 5.10 Å². The monoisotopic (exact) mass is 394 g/mol. The Morgan fingerprint density at radius 1 is 1.20 bits per heavy atom. The standard InChI is InChI=1S/C12H6ClF3N4O4S/c13-11(9-2-1-3-25-9)18-17-10-7(19(21)22)4-6(12(14,15)16)5-8(10)20(23)24/h1-5,17H/b18-11+. The van der Waals surface area contributed by atoms with Gasteiger partial charge in [-0.1, -0.05) is 17.7 Å². The Bertz CT molecular complexity index is 820. The molecular formula is C12H6ClF3N4O4S. The average molecular weight is 395 g/mol. The Labute approximate surface area is 145 Å². The molecule has 0 saturated carbocycles. The Morgan fingerprint density at radius 3 is 2.16 bits per heavy atom. The minimum Gasteiger partial charge on any atom is -0.264 e. The highest BCUT2D eigenvalue weighted by atomic mass is 35.5. The van der Waals surface area contributed by atoms with Gasteiger partial charge in [-0.2, -0.15) is 18.3 Å². The third kappa shape index (κ3) is 4.22. The van der Waals surface area contributed by atoms with Gasteiger partial charge < -0.3 is 0 Å². The van der Waals surface area contributed by atoms with Gasteiger partial charge in [0.05, 0.1) is 20.3 Å². The molecule has 1 aromatic heterocycles. The molecule has 0 fully saturated rings. The van der Waals surface area contributed by atoms with Gasteiger partial charge in [-0.05, 0) is 11.4 Å². The number of nitro benzene ring substituents is 2. The normalized spacial score (nSPS) is 12.1. The minimum atomic E-state index is -4.99. The first-order valence-electron chi connectivity index (χ1n) is 6.18. The van der Waals surface area contributed by atoms with E-state index in [0.29, 0.717) is 4.88 Å². The maximum Gasteiger partial charge on any atom is 0.416 e. The van der Waals surface area contributed by atoms with Gasteiger partial charge in [0.25, 0.3) is 0 Å². The maximum atomic E-state index is 12.8. The van der Waals surface area contributed by atoms with E-state index in [1.807, 2.05) is 5.43 Å². The van der Waals surface area contributed by atoms with Crippen LogP contribution < -0.4 is 5.43 Å². The van der Waals surface area contributed by atoms with E-state index < -0.39 is 38.6 Å². The molecule has 1 N–H and O–H groups in total. The summed E-state index contributed by atoms with van der Waals surface area (Å²) in [4.78, 5) is 20.2. The molecule has 0 bridgehead atoms. The Kier molecular flexibility index (Phi) is 5.23. The van der Waals surface area contributed by atoms with Gasteiger partial charge in [0, 0.05) is 12.1 Å². The molecule has 0 spiro atoms. The summed E-state index contributed by atoms with van der Waals surface area (Å²) in [6.45, 7) is 0. The number of hydrazone groups is 1. The highest BCUT2D eigenvalue weighted by Gasteiger charge is 2.37. The van der Waals surface area contributed by atoms with Crippen LogP contribution in [0.5, 0.6) is 0 Å². The first-order valence-corrected chi connectivity index (χ1v) is 7.44. The molecule has 8 nitrogen and oxygen atoms in total. The Hall–Kier alpha value is -2.73. The van der Waals surface area contributed by atoms with Crippen molar-refractivity contribution in [1.82, 2.24) is 0 Å². The van der Waals surface area contributed by atoms with Crippen molar-refractivity contribution in [3.63, 3.8) is 0 Å². The van der Waals surface area contributed by atoms with Crippen molar-refractivity contribution < 1.29 is 23.0 Å². The van der Waals surface area contributed by atoms with Crippen LogP contribution in [0.25, 0.3) is 0 Å². The second-order valence-corrected chi connectivity index (χ2v) is 5.70. The Morgan fingerprint density at radius 2 is 1.76 bits per heavy atom. The molecule has 0 radical (unpaired) electrons. The summed E-state index contributed by atoms with van der Waals surface area (Å²) in [7, 11) is 0. The third-order valence-electron chi connectivity index (χ3n) is 2.81. The van der Waals surface area contributed by atoms with Gasteiger partial charge in [0.2, 0.25) is 5.69 Å². The van der Waals surface area contributed by atoms with E-state index in [-0.39, 0.29) is 17.3 Å². The maximum absolute atomic E-state index is 12.8. The largest absolute Gasteiger partial charge is 0.416 e. The molecule has 0 amide bonds. The molecule has 1 aromatic carbocycles. The quantitative estimate of drug-likeness (QED) is 0.452. The number of alkyl halides is 3. The molecule has 2 rings (SSSR count). The highest BCUT2D eigenvalue weighted by molar-refractivity contribution is 7.14. The summed E-state index contributed by atoms with van der Waals surface area (Å²) >= 11 is 7.02. The number of nitrogens with one attached hydrogen (secondary N) is 1. The fraction of sp³-hybridized carbons (Fsp3) is 0.0833. The van der Waals surface area contributed by atoms with Gasteiger partial charge in [0.15, 0.2) is 5.17 Å². The van der Waals surface area contributed by atoms with Crippen LogP contribution >= 0.6 is 22.9 Å². The topological polar surface area (TPSA) is 111 Å². The minimum absolute atomic E-state index is 0.168. The summed E-state index contributed by atoms with van der Waals surface area (Å²) in [6, 6.07) is 3.57. The third-order valence-corrected chi connectivity index (χ3v) is 4.08. The lowest BCUT2D eigenvalue weighted by Gasteiger charge is -2.09. The van der Waals surface area contributed by atoms with E-state index in [1.165, 1.54) is 11.3 Å². The lowest BCUT2D eigenvalue weighted by molar-refractivity contribution is -0.392. The highest BCUT2D eigenvalue weighted by Crippen LogP contribution is 2.41. The fourth-order valence-corrected chi connectivity index (χ4v) is 2.58. The van der Waals surface area contributed by atoms with Gasteiger partial charge in [-0.15, -0.1) is 11.3 Å². The van der Waals surface area contributed by atoms with E-state index in [1.54, 1.807) is 17.5 Å². The van der Waals surface area contributed by atoms with Crippen LogP contribution in [0.3, 0.4) is 0 Å². The number of benzene rings is 1. The van der Waals surface area contributed by atoms with Gasteiger partial charge in [-0.3, -0.25) is 25.7 Å². The van der Waals surface area contributed by atoms with Crippen molar-refractivity contribution in [1.29, 1.82) is 0 Å². The SMILES string of the molecule is O=[N+]([O-])c1cc(C(F)(F)F)cc([N+](=O)[O-])c1N/N=C(/Cl)c1cccs1. The molecule has 25 heavy (non-hydrogen) atoms. The zero-order valence-electron chi connectivity index (χ0n) is 11.8. The predicted octanol–water partition coefficient (Wildman–Crippen LogP) is 4.60. The molecule has 0 aliphatic rings. The zero-order chi connectivity index (χ0) is 18.8. The van der Waals surface area contributed by atoms with Crippen LogP contribution in [0.15, 0.2) is 34.7 Å². The number of nitro groups is 2. The summed E-state index contributed by atoms with van der Waals surface area (Å²) < 4.78 is 38.4. The molecule has 1 heterocycles. The lowest BCUT2D eigenvalue weighted by Crippen LogP contribution is -2.09. The second kappa shape index (κ2) is 7.03. The molecule has 0 atom stereocenters. The molecule has 0 aliphatic carbocycles. The van der Waals surface area contributed by atoms with E-state index >= 15 is 0 Å². The number of rotatable bonds is 5. The van der Waals surface area contributed by atoms with Crippen LogP contribution in [-0.2, 0) is 6.18 Å². The van der Waals surface area contributed by atoms with Crippen molar-refractivity contribution in [2.75, 3.05) is 5.43 Å². The number of halogens is 4. The summed E-state index contributed by atoms with van der Waals surface area (Å²) in [5.74, 6) is 0. The van der Waals surface area contributed by atoms with Crippen molar-refractivity contribution in [2.45, 2.75) is 6.18 Å². The fourth-order valence-electron chi connectivity index (χ4n) is 1.73. The average Bonchev–Trinajstić information content (AvgIpc) is 3.05. The zero-order valence-corrected chi connectivity index (χ0v) is 13.4. The van der Waals surface area contributed by atoms with Gasteiger partial charge in [-0.25, -0.2) is 0 Å². The van der Waals surface area contributed by atoms with E-state index in [0.717, 1.165) is 0 Å². The number of nitrogens with zero attached hydrogens (tertiary/aromatic N) is 3. The first kappa shape index (κ1) is 18.6. The molecule has 0 aliphatic heterocycles. The molecular weight excluding hydrogens is 389 g/mol. The molecule has 0 unspecified atom stereocenters. The van der Waals surface area contributed by atoms with Crippen LogP contribution in [0.1, 0.15) is 10.4 Å². The van der Waals surface area contributed by atoms with Crippen LogP contribution in [0, 0.1) is 20.2 Å². The van der Waals surface area contributed by atoms with Crippen molar-refractivity contribution in [3.8, 4) is 0 Å². The predicted molar refractivity (Wildman–Crippen MR) is 85.1 cm³/mol. The summed E-state index contributed by atoms with van der Waals surface area (Å²) in [6.07, 6.45) is -4.99. The molecule has 0 saturated heterocycles. The van der Waals surface area contributed by atoms with Crippen LogP contribution in [0.4, 0.5) is 30.2 Å². The van der Waals surface area contributed by atoms with Crippen LogP contribution in [-0.4, -0.2) is 15.0 Å². The van der Waals surface area contributed by atoms with Crippen molar-refractivity contribution in [3.05, 3.63) is 60.3 Å². The second-order valence-electron chi connectivity index (χ2n) is 4.39. The van der Waals surface area contributed by atoms with E-state index in [2.05, 4.69) is 5.10 Å². The molecule has 132 valence electrons. The van der Waals surface area contributed by atoms with E-state index in [9.17, 15) is 33.4 Å². The Balaban J connectivity index is 2.57. The summed E-state index contributed by atoms with van der Waals surface area (Å²) in [5, 5.41) is 27.2. The van der Waals surface area contributed by atoms with Crippen molar-refractivity contribution >= 4 is 45.2 Å². The van der Waals surface area contributed by atoms with Gasteiger partial charge in [0.1, 0.15) is 0 Å². The van der Waals surface area contributed by atoms with E-state index in [4.69, 9.17) is 11.6 Å². The number of thiophene rings is 1. The number of hydrogen-bond donors (Lipinski definition) is 1.